The molecule has 6 heteroatoms. The molecule has 0 spiro atoms. The number of nitrogens with zero attached hydrogens (tertiary/aromatic N) is 4. The minimum atomic E-state index is 0.502. The van der Waals surface area contributed by atoms with Crippen molar-refractivity contribution in [3.63, 3.8) is 0 Å². The normalized spacial score (nSPS) is 10.9. The summed E-state index contributed by atoms with van der Waals surface area (Å²) in [6, 6.07) is 16.2. The summed E-state index contributed by atoms with van der Waals surface area (Å²) in [5, 5.41) is 10.2. The number of rotatable bonds is 7. The van der Waals surface area contributed by atoms with Crippen molar-refractivity contribution in [3.8, 4) is 16.9 Å². The first kappa shape index (κ1) is 20.6. The summed E-state index contributed by atoms with van der Waals surface area (Å²) in [6.07, 6.45) is 2.44. The highest BCUT2D eigenvalue weighted by atomic mass is 32.1. The minimum Gasteiger partial charge on any atom is -0.443 e. The summed E-state index contributed by atoms with van der Waals surface area (Å²) >= 11 is 1.22. The first-order valence-corrected chi connectivity index (χ1v) is 10.2. The molecule has 0 aliphatic carbocycles. The van der Waals surface area contributed by atoms with Crippen LogP contribution in [0.5, 0.6) is 10.8 Å². The molecule has 0 bridgehead atoms. The van der Waals surface area contributed by atoms with Crippen molar-refractivity contribution < 1.29 is 4.74 Å². The van der Waals surface area contributed by atoms with Crippen LogP contribution in [0, 0.1) is 25.2 Å². The molecular formula is C23H24N4OS. The summed E-state index contributed by atoms with van der Waals surface area (Å²) in [6.45, 7) is 6.96. The third-order valence-corrected chi connectivity index (χ3v) is 5.41. The summed E-state index contributed by atoms with van der Waals surface area (Å²) in [4.78, 5) is 6.57. The van der Waals surface area contributed by atoms with E-state index in [2.05, 4.69) is 22.4 Å². The predicted molar refractivity (Wildman–Crippen MR) is 119 cm³/mol. The lowest BCUT2D eigenvalue weighted by Gasteiger charge is -2.12. The van der Waals surface area contributed by atoms with Crippen molar-refractivity contribution in [1.29, 1.82) is 5.26 Å². The van der Waals surface area contributed by atoms with Gasteiger partial charge < -0.3 is 9.64 Å². The van der Waals surface area contributed by atoms with Gasteiger partial charge in [0.25, 0.3) is 0 Å². The molecule has 148 valence electrons. The van der Waals surface area contributed by atoms with Gasteiger partial charge in [-0.2, -0.15) is 9.64 Å². The third kappa shape index (κ3) is 5.01. The fourth-order valence-corrected chi connectivity index (χ4v) is 3.49. The Bertz CT molecular complexity index is 1050. The summed E-state index contributed by atoms with van der Waals surface area (Å²) < 4.78 is 10.6. The van der Waals surface area contributed by atoms with E-state index in [0.717, 1.165) is 40.4 Å². The third-order valence-electron chi connectivity index (χ3n) is 4.65. The van der Waals surface area contributed by atoms with Gasteiger partial charge >= 0.3 is 0 Å². The van der Waals surface area contributed by atoms with Crippen LogP contribution in [0.3, 0.4) is 0 Å². The standard InChI is InChI=1S/C23H24N4OS/c1-5-27(4)15-25-20-11-17(3)22(12-16(20)2)28-23-19(14-24)21(26-29-23)13-18-9-7-6-8-10-18/h6-12,15H,5,13H2,1-4H3/b25-15-. The molecular weight excluding hydrogens is 380 g/mol. The van der Waals surface area contributed by atoms with Crippen molar-refractivity contribution in [2.45, 2.75) is 27.2 Å². The summed E-state index contributed by atoms with van der Waals surface area (Å²) in [5.74, 6) is 0.719. The molecule has 0 aliphatic heterocycles. The number of benzene rings is 2. The second-order valence-electron chi connectivity index (χ2n) is 6.89. The van der Waals surface area contributed by atoms with E-state index >= 15 is 0 Å². The largest absolute Gasteiger partial charge is 0.443 e. The number of aliphatic imine (C=N–C) groups is 1. The number of hydrogen-bond acceptors (Lipinski definition) is 5. The zero-order chi connectivity index (χ0) is 20.8. The lowest BCUT2D eigenvalue weighted by Crippen LogP contribution is -2.14. The van der Waals surface area contributed by atoms with Gasteiger partial charge in [-0.25, -0.2) is 4.99 Å². The maximum atomic E-state index is 9.67. The van der Waals surface area contributed by atoms with Crippen molar-refractivity contribution in [3.05, 3.63) is 70.4 Å². The van der Waals surface area contributed by atoms with Gasteiger partial charge in [0, 0.05) is 31.5 Å². The monoisotopic (exact) mass is 404 g/mol. The van der Waals surface area contributed by atoms with E-state index in [9.17, 15) is 5.26 Å². The molecule has 0 saturated heterocycles. The van der Waals surface area contributed by atoms with E-state index in [4.69, 9.17) is 4.74 Å². The van der Waals surface area contributed by atoms with Crippen LogP contribution in [-0.4, -0.2) is 29.2 Å². The van der Waals surface area contributed by atoms with Gasteiger partial charge in [0.05, 0.1) is 17.7 Å². The second kappa shape index (κ2) is 9.35. The molecule has 0 unspecified atom stereocenters. The highest BCUT2D eigenvalue weighted by molar-refractivity contribution is 7.08. The molecule has 0 amide bonds. The topological polar surface area (TPSA) is 61.5 Å². The number of nitriles is 1. The Hall–Kier alpha value is -3.17. The maximum absolute atomic E-state index is 9.67. The Kier molecular flexibility index (Phi) is 6.63. The van der Waals surface area contributed by atoms with Crippen LogP contribution in [0.15, 0.2) is 47.5 Å². The molecule has 0 atom stereocenters. The zero-order valence-electron chi connectivity index (χ0n) is 17.1. The van der Waals surface area contributed by atoms with Crippen LogP contribution in [0.25, 0.3) is 0 Å². The summed E-state index contributed by atoms with van der Waals surface area (Å²) in [5.41, 5.74) is 5.25. The SMILES string of the molecule is CCN(C)/C=N\c1cc(C)c(Oc2snc(Cc3ccccc3)c2C#N)cc1C. The fraction of sp³-hybridized carbons (Fsp3) is 0.261. The molecule has 2 aromatic carbocycles. The number of aromatic nitrogens is 1. The van der Waals surface area contributed by atoms with Crippen LogP contribution in [0.1, 0.15) is 34.9 Å². The van der Waals surface area contributed by atoms with Crippen LogP contribution < -0.4 is 4.74 Å². The smallest absolute Gasteiger partial charge is 0.218 e. The molecule has 3 rings (SSSR count). The second-order valence-corrected chi connectivity index (χ2v) is 7.63. The quantitative estimate of drug-likeness (QED) is 0.378. The Labute approximate surface area is 176 Å². The van der Waals surface area contributed by atoms with E-state index in [0.29, 0.717) is 17.0 Å². The van der Waals surface area contributed by atoms with Gasteiger partial charge in [-0.15, -0.1) is 0 Å². The number of ether oxygens (including phenoxy) is 1. The van der Waals surface area contributed by atoms with Gasteiger partial charge in [-0.05, 0) is 49.6 Å². The highest BCUT2D eigenvalue weighted by Gasteiger charge is 2.17. The van der Waals surface area contributed by atoms with Crippen LogP contribution in [0.2, 0.25) is 0 Å². The molecule has 0 radical (unpaired) electrons. The molecule has 0 N–H and O–H groups in total. The lowest BCUT2D eigenvalue weighted by atomic mass is 10.1. The molecule has 1 aromatic heterocycles. The van der Waals surface area contributed by atoms with E-state index in [1.165, 1.54) is 11.5 Å². The minimum absolute atomic E-state index is 0.502. The molecule has 0 saturated carbocycles. The average Bonchev–Trinajstić information content (AvgIpc) is 3.10. The summed E-state index contributed by atoms with van der Waals surface area (Å²) in [7, 11) is 1.99. The van der Waals surface area contributed by atoms with E-state index in [1.807, 2.05) is 74.6 Å². The molecule has 3 aromatic rings. The van der Waals surface area contributed by atoms with Crippen LogP contribution in [-0.2, 0) is 6.42 Å². The number of aryl methyl sites for hydroxylation is 2. The zero-order valence-corrected chi connectivity index (χ0v) is 18.0. The van der Waals surface area contributed by atoms with Gasteiger partial charge in [-0.1, -0.05) is 30.3 Å². The van der Waals surface area contributed by atoms with Crippen molar-refractivity contribution in [2.24, 2.45) is 4.99 Å². The van der Waals surface area contributed by atoms with Gasteiger partial charge in [0.15, 0.2) is 0 Å². The van der Waals surface area contributed by atoms with Crippen LogP contribution >= 0.6 is 11.5 Å². The Balaban J connectivity index is 1.84. The van der Waals surface area contributed by atoms with Crippen molar-refractivity contribution in [2.75, 3.05) is 13.6 Å². The molecule has 29 heavy (non-hydrogen) atoms. The lowest BCUT2D eigenvalue weighted by molar-refractivity contribution is 0.490. The van der Waals surface area contributed by atoms with E-state index in [1.54, 1.807) is 0 Å². The Morgan fingerprint density at radius 3 is 2.66 bits per heavy atom. The van der Waals surface area contributed by atoms with Gasteiger partial charge in [-0.3, -0.25) is 0 Å². The predicted octanol–water partition coefficient (Wildman–Crippen LogP) is 5.63. The van der Waals surface area contributed by atoms with Crippen LogP contribution in [0.4, 0.5) is 5.69 Å². The van der Waals surface area contributed by atoms with E-state index < -0.39 is 0 Å². The van der Waals surface area contributed by atoms with Gasteiger partial charge in [0.2, 0.25) is 5.06 Å². The van der Waals surface area contributed by atoms with E-state index in [-0.39, 0.29) is 0 Å². The number of hydrogen-bond donors (Lipinski definition) is 0. The maximum Gasteiger partial charge on any atom is 0.218 e. The molecule has 0 fully saturated rings. The fourth-order valence-electron chi connectivity index (χ4n) is 2.76. The molecule has 1 heterocycles. The molecule has 5 nitrogen and oxygen atoms in total. The Morgan fingerprint density at radius 1 is 1.21 bits per heavy atom. The van der Waals surface area contributed by atoms with Crippen molar-refractivity contribution in [1.82, 2.24) is 9.27 Å². The molecule has 0 aliphatic rings. The first-order chi connectivity index (χ1) is 14.0. The first-order valence-electron chi connectivity index (χ1n) is 9.48. The van der Waals surface area contributed by atoms with Crippen molar-refractivity contribution >= 4 is 23.6 Å². The highest BCUT2D eigenvalue weighted by Crippen LogP contribution is 2.36. The average molecular weight is 405 g/mol. The van der Waals surface area contributed by atoms with Gasteiger partial charge in [0.1, 0.15) is 17.4 Å². The Morgan fingerprint density at radius 2 is 1.97 bits per heavy atom.